The number of benzene rings is 2. The molecule has 0 N–H and O–H groups in total. The van der Waals surface area contributed by atoms with Gasteiger partial charge < -0.3 is 9.80 Å². The van der Waals surface area contributed by atoms with Crippen molar-refractivity contribution in [3.05, 3.63) is 71.3 Å². The zero-order chi connectivity index (χ0) is 19.8. The Morgan fingerprint density at radius 1 is 0.897 bits per heavy atom. The molecule has 2 saturated heterocycles. The van der Waals surface area contributed by atoms with E-state index in [0.29, 0.717) is 17.5 Å². The molecule has 1 aliphatic carbocycles. The second-order valence-corrected chi connectivity index (χ2v) is 8.79. The van der Waals surface area contributed by atoms with Crippen LogP contribution in [0.15, 0.2) is 48.5 Å². The summed E-state index contributed by atoms with van der Waals surface area (Å²) in [6.07, 6.45) is 7.22. The van der Waals surface area contributed by atoms with Gasteiger partial charge in [0.25, 0.3) is 0 Å². The summed E-state index contributed by atoms with van der Waals surface area (Å²) in [6, 6.07) is 12.9. The molecule has 0 radical (unpaired) electrons. The van der Waals surface area contributed by atoms with E-state index in [1.54, 1.807) is 0 Å². The zero-order valence-electron chi connectivity index (χ0n) is 16.8. The summed E-state index contributed by atoms with van der Waals surface area (Å²) in [4.78, 5) is 4.69. The third kappa shape index (κ3) is 3.95. The van der Waals surface area contributed by atoms with Crippen LogP contribution >= 0.6 is 0 Å². The smallest absolute Gasteiger partial charge is 0.128 e. The standard InChI is InChI=1S/C25H28F2N2/c26-21-13-22(27)15-23(14-21)29-16-20-7-8-24(25(20)17-29)19-5-3-18(4-6-19)9-12-28-10-1-2-11-28/h3-6,8,13-15,20,25H,1-2,7,9-12,16-17H2. The lowest BCUT2D eigenvalue weighted by atomic mass is 9.90. The monoisotopic (exact) mass is 394 g/mol. The summed E-state index contributed by atoms with van der Waals surface area (Å²) >= 11 is 0. The number of likely N-dealkylation sites (tertiary alicyclic amines) is 1. The Hall–Kier alpha value is -2.20. The summed E-state index contributed by atoms with van der Waals surface area (Å²) in [5, 5.41) is 0. The van der Waals surface area contributed by atoms with E-state index in [2.05, 4.69) is 40.1 Å². The number of fused-ring (bicyclic) bond motifs is 1. The Morgan fingerprint density at radius 3 is 2.34 bits per heavy atom. The normalized spacial score (nSPS) is 24.2. The fraction of sp³-hybridized carbons (Fsp3) is 0.440. The summed E-state index contributed by atoms with van der Waals surface area (Å²) < 4.78 is 27.3. The molecule has 29 heavy (non-hydrogen) atoms. The Labute approximate surface area is 171 Å². The van der Waals surface area contributed by atoms with Gasteiger partial charge in [-0.25, -0.2) is 8.78 Å². The highest BCUT2D eigenvalue weighted by atomic mass is 19.1. The molecule has 0 spiro atoms. The van der Waals surface area contributed by atoms with Crippen LogP contribution in [0, 0.1) is 23.5 Å². The first-order valence-corrected chi connectivity index (χ1v) is 10.9. The van der Waals surface area contributed by atoms with E-state index in [-0.39, 0.29) is 0 Å². The maximum atomic E-state index is 13.6. The number of nitrogens with zero attached hydrogens (tertiary/aromatic N) is 2. The molecular formula is C25H28F2N2. The molecule has 2 aromatic rings. The lowest BCUT2D eigenvalue weighted by Gasteiger charge is -2.20. The number of rotatable bonds is 5. The maximum Gasteiger partial charge on any atom is 0.128 e. The van der Waals surface area contributed by atoms with Crippen LogP contribution in [-0.2, 0) is 6.42 Å². The van der Waals surface area contributed by atoms with Crippen molar-refractivity contribution in [3.63, 3.8) is 0 Å². The van der Waals surface area contributed by atoms with Gasteiger partial charge in [-0.05, 0) is 73.5 Å². The molecule has 5 rings (SSSR count). The van der Waals surface area contributed by atoms with Crippen LogP contribution in [0.5, 0.6) is 0 Å². The first-order valence-electron chi connectivity index (χ1n) is 10.9. The number of anilines is 1. The number of hydrogen-bond donors (Lipinski definition) is 0. The number of halogens is 2. The van der Waals surface area contributed by atoms with E-state index in [1.807, 2.05) is 0 Å². The topological polar surface area (TPSA) is 6.48 Å². The van der Waals surface area contributed by atoms with Gasteiger partial charge in [0.15, 0.2) is 0 Å². The van der Waals surface area contributed by atoms with E-state index < -0.39 is 11.6 Å². The fourth-order valence-electron chi connectivity index (χ4n) is 5.31. The SMILES string of the molecule is Fc1cc(F)cc(N2CC3CC=C(c4ccc(CCN5CCCC5)cc4)C3C2)c1. The number of allylic oxidation sites excluding steroid dienone is 1. The molecule has 0 bridgehead atoms. The molecule has 152 valence electrons. The van der Waals surface area contributed by atoms with Crippen molar-refractivity contribution in [1.29, 1.82) is 0 Å². The molecule has 4 heteroatoms. The van der Waals surface area contributed by atoms with Crippen LogP contribution < -0.4 is 4.90 Å². The van der Waals surface area contributed by atoms with Crippen molar-refractivity contribution in [2.24, 2.45) is 11.8 Å². The van der Waals surface area contributed by atoms with Gasteiger partial charge in [-0.3, -0.25) is 0 Å². The third-order valence-electron chi connectivity index (χ3n) is 6.90. The van der Waals surface area contributed by atoms with E-state index >= 15 is 0 Å². The van der Waals surface area contributed by atoms with Gasteiger partial charge in [-0.2, -0.15) is 0 Å². The summed E-state index contributed by atoms with van der Waals surface area (Å²) in [6.45, 7) is 5.35. The van der Waals surface area contributed by atoms with Crippen LogP contribution in [0.4, 0.5) is 14.5 Å². The van der Waals surface area contributed by atoms with Gasteiger partial charge in [0.05, 0.1) is 0 Å². The molecule has 3 aliphatic rings. The molecule has 2 unspecified atom stereocenters. The van der Waals surface area contributed by atoms with Gasteiger partial charge >= 0.3 is 0 Å². The molecular weight excluding hydrogens is 366 g/mol. The molecule has 2 heterocycles. The summed E-state index contributed by atoms with van der Waals surface area (Å²) in [5.74, 6) is -0.0300. The lowest BCUT2D eigenvalue weighted by Crippen LogP contribution is -2.21. The van der Waals surface area contributed by atoms with Crippen molar-refractivity contribution < 1.29 is 8.78 Å². The average Bonchev–Trinajstić information content (AvgIpc) is 3.43. The van der Waals surface area contributed by atoms with Crippen molar-refractivity contribution in [1.82, 2.24) is 4.90 Å². The maximum absolute atomic E-state index is 13.6. The molecule has 2 aromatic carbocycles. The van der Waals surface area contributed by atoms with E-state index in [1.165, 1.54) is 54.8 Å². The molecule has 2 aliphatic heterocycles. The highest BCUT2D eigenvalue weighted by Gasteiger charge is 2.38. The first-order chi connectivity index (χ1) is 14.2. The molecule has 0 amide bonds. The quantitative estimate of drug-likeness (QED) is 0.693. The third-order valence-corrected chi connectivity index (χ3v) is 6.90. The van der Waals surface area contributed by atoms with Gasteiger partial charge in [0.1, 0.15) is 11.6 Å². The highest BCUT2D eigenvalue weighted by molar-refractivity contribution is 5.72. The van der Waals surface area contributed by atoms with Gasteiger partial charge in [0.2, 0.25) is 0 Å². The van der Waals surface area contributed by atoms with Gasteiger partial charge in [-0.1, -0.05) is 30.3 Å². The predicted octanol–water partition coefficient (Wildman–Crippen LogP) is 5.14. The Morgan fingerprint density at radius 2 is 1.62 bits per heavy atom. The minimum atomic E-state index is -0.502. The Bertz CT molecular complexity index is 879. The molecule has 0 saturated carbocycles. The first kappa shape index (κ1) is 18.8. The van der Waals surface area contributed by atoms with Crippen molar-refractivity contribution in [2.75, 3.05) is 37.6 Å². The van der Waals surface area contributed by atoms with E-state index in [0.717, 1.165) is 38.5 Å². The van der Waals surface area contributed by atoms with Crippen LogP contribution in [0.25, 0.3) is 5.57 Å². The largest absolute Gasteiger partial charge is 0.370 e. The molecule has 2 atom stereocenters. The predicted molar refractivity (Wildman–Crippen MR) is 114 cm³/mol. The van der Waals surface area contributed by atoms with Crippen LogP contribution in [-0.4, -0.2) is 37.6 Å². The minimum absolute atomic E-state index is 0.441. The van der Waals surface area contributed by atoms with E-state index in [4.69, 9.17) is 0 Å². The van der Waals surface area contributed by atoms with Gasteiger partial charge in [0, 0.05) is 37.3 Å². The van der Waals surface area contributed by atoms with Crippen LogP contribution in [0.2, 0.25) is 0 Å². The van der Waals surface area contributed by atoms with Gasteiger partial charge in [-0.15, -0.1) is 0 Å². The van der Waals surface area contributed by atoms with Crippen molar-refractivity contribution in [2.45, 2.75) is 25.7 Å². The Kier molecular flexibility index (Phi) is 5.13. The fourth-order valence-corrected chi connectivity index (χ4v) is 5.31. The molecule has 2 fully saturated rings. The average molecular weight is 395 g/mol. The second-order valence-electron chi connectivity index (χ2n) is 8.79. The second kappa shape index (κ2) is 7.91. The number of hydrogen-bond acceptors (Lipinski definition) is 2. The van der Waals surface area contributed by atoms with Crippen molar-refractivity contribution in [3.8, 4) is 0 Å². The lowest BCUT2D eigenvalue weighted by molar-refractivity contribution is 0.343. The molecule has 0 aromatic heterocycles. The Balaban J connectivity index is 1.25. The van der Waals surface area contributed by atoms with Crippen LogP contribution in [0.1, 0.15) is 30.4 Å². The zero-order valence-corrected chi connectivity index (χ0v) is 16.8. The minimum Gasteiger partial charge on any atom is -0.370 e. The highest BCUT2D eigenvalue weighted by Crippen LogP contribution is 2.44. The van der Waals surface area contributed by atoms with E-state index in [9.17, 15) is 8.78 Å². The molecule has 2 nitrogen and oxygen atoms in total. The van der Waals surface area contributed by atoms with Crippen LogP contribution in [0.3, 0.4) is 0 Å². The summed E-state index contributed by atoms with van der Waals surface area (Å²) in [5.41, 5.74) is 4.77. The van der Waals surface area contributed by atoms with Crippen molar-refractivity contribution >= 4 is 11.3 Å². The summed E-state index contributed by atoms with van der Waals surface area (Å²) in [7, 11) is 0.